The van der Waals surface area contributed by atoms with E-state index in [9.17, 15) is 0 Å². The van der Waals surface area contributed by atoms with E-state index in [1.165, 1.54) is 0 Å². The van der Waals surface area contributed by atoms with Gasteiger partial charge in [-0.3, -0.25) is 4.98 Å². The number of rotatable bonds is 6. The van der Waals surface area contributed by atoms with E-state index in [0.29, 0.717) is 18.9 Å². The van der Waals surface area contributed by atoms with Crippen molar-refractivity contribution in [1.82, 2.24) is 9.88 Å². The van der Waals surface area contributed by atoms with E-state index in [1.54, 1.807) is 12.4 Å². The minimum Gasteiger partial charge on any atom is -0.492 e. The lowest BCUT2D eigenvalue weighted by Gasteiger charge is -2.10. The summed E-state index contributed by atoms with van der Waals surface area (Å²) in [6, 6.07) is 1.91. The van der Waals surface area contributed by atoms with Gasteiger partial charge in [0.05, 0.1) is 12.8 Å². The first-order valence-electron chi connectivity index (χ1n) is 6.00. The van der Waals surface area contributed by atoms with E-state index in [-0.39, 0.29) is 0 Å². The molecule has 0 aliphatic carbocycles. The van der Waals surface area contributed by atoms with Crippen LogP contribution in [0.25, 0.3) is 0 Å². The quantitative estimate of drug-likeness (QED) is 0.449. The Balaban J connectivity index is 2.42. The van der Waals surface area contributed by atoms with Crippen molar-refractivity contribution in [2.75, 3.05) is 33.1 Å². The molecule has 0 spiro atoms. The maximum atomic E-state index is 5.62. The molecule has 0 atom stereocenters. The van der Waals surface area contributed by atoms with E-state index in [2.05, 4.69) is 35.8 Å². The average Bonchev–Trinajstić information content (AvgIpc) is 2.35. The molecule has 0 bridgehead atoms. The molecule has 0 saturated heterocycles. The second-order valence-electron chi connectivity index (χ2n) is 4.16. The van der Waals surface area contributed by atoms with E-state index >= 15 is 0 Å². The van der Waals surface area contributed by atoms with Crippen LogP contribution in [0.5, 0.6) is 5.75 Å². The fourth-order valence-corrected chi connectivity index (χ4v) is 1.44. The zero-order chi connectivity index (χ0) is 13.2. The highest BCUT2D eigenvalue weighted by atomic mass is 35.5. The number of hydrogen-bond acceptors (Lipinski definition) is 3. The Morgan fingerprint density at radius 2 is 2.22 bits per heavy atom. The largest absolute Gasteiger partial charge is 0.492 e. The molecule has 1 aromatic rings. The average molecular weight is 267 g/mol. The molecule has 0 aliphatic rings. The molecule has 0 amide bonds. The van der Waals surface area contributed by atoms with Gasteiger partial charge in [0, 0.05) is 30.6 Å². The number of alkyl halides is 1. The minimum atomic E-state index is 0.557. The van der Waals surface area contributed by atoms with Crippen LogP contribution in [-0.4, -0.2) is 43.0 Å². The molecular formula is C14H19ClN2O. The zero-order valence-electron chi connectivity index (χ0n) is 10.9. The summed E-state index contributed by atoms with van der Waals surface area (Å²) in [7, 11) is 4.10. The molecule has 0 radical (unpaired) electrons. The van der Waals surface area contributed by atoms with Crippen LogP contribution in [0.15, 0.2) is 18.5 Å². The van der Waals surface area contributed by atoms with Gasteiger partial charge in [0.25, 0.3) is 0 Å². The highest BCUT2D eigenvalue weighted by Gasteiger charge is 1.96. The molecule has 0 unspecified atom stereocenters. The third-order valence-corrected chi connectivity index (χ3v) is 2.37. The summed E-state index contributed by atoms with van der Waals surface area (Å²) in [6.45, 7) is 1.71. The molecule has 0 aromatic carbocycles. The van der Waals surface area contributed by atoms with Crippen molar-refractivity contribution in [2.24, 2.45) is 0 Å². The first-order chi connectivity index (χ1) is 8.72. The predicted octanol–water partition coefficient (Wildman–Crippen LogP) is 2.39. The van der Waals surface area contributed by atoms with Crippen LogP contribution >= 0.6 is 11.6 Å². The molecule has 4 heteroatoms. The molecule has 1 aromatic heterocycles. The Bertz CT molecular complexity index is 410. The van der Waals surface area contributed by atoms with Crippen LogP contribution in [0.2, 0.25) is 0 Å². The highest BCUT2D eigenvalue weighted by molar-refractivity contribution is 6.18. The smallest absolute Gasteiger partial charge is 0.138 e. The molecular weight excluding hydrogens is 248 g/mol. The molecule has 18 heavy (non-hydrogen) atoms. The van der Waals surface area contributed by atoms with Gasteiger partial charge in [-0.1, -0.05) is 11.8 Å². The maximum absolute atomic E-state index is 5.62. The summed E-state index contributed by atoms with van der Waals surface area (Å²) < 4.78 is 5.62. The van der Waals surface area contributed by atoms with Crippen molar-refractivity contribution in [3.63, 3.8) is 0 Å². The van der Waals surface area contributed by atoms with Crippen molar-refractivity contribution >= 4 is 11.6 Å². The Morgan fingerprint density at radius 3 is 2.94 bits per heavy atom. The molecule has 0 aliphatic heterocycles. The number of aromatic nitrogens is 1. The van der Waals surface area contributed by atoms with Crippen LogP contribution in [0.4, 0.5) is 0 Å². The summed E-state index contributed by atoms with van der Waals surface area (Å²) in [5.41, 5.74) is 0.866. The lowest BCUT2D eigenvalue weighted by atomic mass is 10.2. The van der Waals surface area contributed by atoms with Crippen molar-refractivity contribution in [1.29, 1.82) is 0 Å². The molecule has 0 N–H and O–H groups in total. The van der Waals surface area contributed by atoms with Gasteiger partial charge in [-0.05, 0) is 26.6 Å². The number of halogens is 1. The van der Waals surface area contributed by atoms with Gasteiger partial charge < -0.3 is 9.64 Å². The monoisotopic (exact) mass is 266 g/mol. The van der Waals surface area contributed by atoms with Crippen LogP contribution < -0.4 is 4.74 Å². The Kier molecular flexibility index (Phi) is 7.24. The van der Waals surface area contributed by atoms with E-state index in [1.807, 2.05) is 6.07 Å². The van der Waals surface area contributed by atoms with Crippen molar-refractivity contribution < 1.29 is 4.74 Å². The standard InChI is InChI=1S/C14H19ClN2O/c1-17(2)8-5-9-18-14-10-13(11-16-12-14)6-3-4-7-15/h10-12H,4-5,7-9H2,1-2H3. The van der Waals surface area contributed by atoms with Gasteiger partial charge in [0.1, 0.15) is 5.75 Å². The van der Waals surface area contributed by atoms with Crippen LogP contribution in [0, 0.1) is 11.8 Å². The van der Waals surface area contributed by atoms with E-state index in [4.69, 9.17) is 16.3 Å². The highest BCUT2D eigenvalue weighted by Crippen LogP contribution is 2.10. The summed E-state index contributed by atoms with van der Waals surface area (Å²) in [4.78, 5) is 6.24. The third kappa shape index (κ3) is 6.48. The topological polar surface area (TPSA) is 25.4 Å². The molecule has 0 saturated carbocycles. The Labute approximate surface area is 114 Å². The summed E-state index contributed by atoms with van der Waals surface area (Å²) in [5.74, 6) is 7.31. The number of nitrogens with zero attached hydrogens (tertiary/aromatic N) is 2. The van der Waals surface area contributed by atoms with Crippen molar-refractivity contribution in [3.05, 3.63) is 24.0 Å². The van der Waals surface area contributed by atoms with Gasteiger partial charge in [-0.2, -0.15) is 0 Å². The van der Waals surface area contributed by atoms with E-state index in [0.717, 1.165) is 24.3 Å². The van der Waals surface area contributed by atoms with Crippen molar-refractivity contribution in [2.45, 2.75) is 12.8 Å². The third-order valence-electron chi connectivity index (χ3n) is 2.18. The first-order valence-corrected chi connectivity index (χ1v) is 6.53. The van der Waals surface area contributed by atoms with Gasteiger partial charge >= 0.3 is 0 Å². The molecule has 1 rings (SSSR count). The van der Waals surface area contributed by atoms with Gasteiger partial charge in [-0.15, -0.1) is 11.6 Å². The molecule has 1 heterocycles. The minimum absolute atomic E-state index is 0.557. The SMILES string of the molecule is CN(C)CCCOc1cncc(C#CCCCl)c1. The molecule has 3 nitrogen and oxygen atoms in total. The fourth-order valence-electron chi connectivity index (χ4n) is 1.35. The zero-order valence-corrected chi connectivity index (χ0v) is 11.7. The fraction of sp³-hybridized carbons (Fsp3) is 0.500. The molecule has 0 fully saturated rings. The van der Waals surface area contributed by atoms with Crippen LogP contribution in [0.3, 0.4) is 0 Å². The Morgan fingerprint density at radius 1 is 1.39 bits per heavy atom. The maximum Gasteiger partial charge on any atom is 0.138 e. The van der Waals surface area contributed by atoms with Crippen molar-refractivity contribution in [3.8, 4) is 17.6 Å². The predicted molar refractivity (Wildman–Crippen MR) is 75.1 cm³/mol. The van der Waals surface area contributed by atoms with Crippen LogP contribution in [0.1, 0.15) is 18.4 Å². The Hall–Kier alpha value is -1.24. The lowest BCUT2D eigenvalue weighted by molar-refractivity contribution is 0.281. The summed E-state index contributed by atoms with van der Waals surface area (Å²) in [5, 5.41) is 0. The van der Waals surface area contributed by atoms with Gasteiger partial charge in [-0.25, -0.2) is 0 Å². The number of hydrogen-bond donors (Lipinski definition) is 0. The van der Waals surface area contributed by atoms with Gasteiger partial charge in [0.2, 0.25) is 0 Å². The first kappa shape index (κ1) is 14.8. The number of pyridine rings is 1. The number of ether oxygens (including phenoxy) is 1. The van der Waals surface area contributed by atoms with Gasteiger partial charge in [0.15, 0.2) is 0 Å². The second kappa shape index (κ2) is 8.79. The van der Waals surface area contributed by atoms with Crippen LogP contribution in [-0.2, 0) is 0 Å². The molecule has 98 valence electrons. The lowest BCUT2D eigenvalue weighted by Crippen LogP contribution is -2.15. The van der Waals surface area contributed by atoms with E-state index < -0.39 is 0 Å². The summed E-state index contributed by atoms with van der Waals surface area (Å²) in [6.07, 6.45) is 5.13. The summed E-state index contributed by atoms with van der Waals surface area (Å²) >= 11 is 5.56. The normalized spacial score (nSPS) is 10.0. The second-order valence-corrected chi connectivity index (χ2v) is 4.53.